The summed E-state index contributed by atoms with van der Waals surface area (Å²) in [7, 11) is 3.16. The minimum atomic E-state index is -0.801. The van der Waals surface area contributed by atoms with Crippen LogP contribution in [0, 0.1) is 0 Å². The van der Waals surface area contributed by atoms with E-state index in [-0.39, 0.29) is 29.6 Å². The maximum Gasteiger partial charge on any atom is 0.338 e. The molecule has 1 saturated heterocycles. The van der Waals surface area contributed by atoms with Crippen LogP contribution in [0.2, 0.25) is 0 Å². The molecular weight excluding hydrogens is 416 g/mol. The van der Waals surface area contributed by atoms with Gasteiger partial charge in [0.15, 0.2) is 12.4 Å². The van der Waals surface area contributed by atoms with Crippen molar-refractivity contribution in [3.05, 3.63) is 59.7 Å². The Kier molecular flexibility index (Phi) is 7.56. The Labute approximate surface area is 185 Å². The highest BCUT2D eigenvalue weighted by atomic mass is 16.5. The van der Waals surface area contributed by atoms with Crippen molar-refractivity contribution in [2.24, 2.45) is 0 Å². The fourth-order valence-electron chi connectivity index (χ4n) is 3.07. The molecule has 9 nitrogen and oxygen atoms in total. The Balaban J connectivity index is 1.50. The van der Waals surface area contributed by atoms with Crippen molar-refractivity contribution >= 4 is 29.3 Å². The number of likely N-dealkylation sites (N-methyl/N-ethyl adjacent to an activating group) is 1. The monoisotopic (exact) mass is 440 g/mol. The van der Waals surface area contributed by atoms with Crippen LogP contribution in [0.25, 0.3) is 0 Å². The van der Waals surface area contributed by atoms with Gasteiger partial charge in [0.05, 0.1) is 25.7 Å². The zero-order valence-electron chi connectivity index (χ0n) is 17.8. The van der Waals surface area contributed by atoms with E-state index >= 15 is 0 Å². The van der Waals surface area contributed by atoms with Gasteiger partial charge >= 0.3 is 5.97 Å². The van der Waals surface area contributed by atoms with Gasteiger partial charge in [-0.05, 0) is 36.4 Å². The molecule has 1 fully saturated rings. The number of benzene rings is 2. The molecule has 1 N–H and O–H groups in total. The molecule has 1 unspecified atom stereocenters. The lowest BCUT2D eigenvalue weighted by Crippen LogP contribution is -2.46. The Morgan fingerprint density at radius 3 is 2.59 bits per heavy atom. The van der Waals surface area contributed by atoms with E-state index < -0.39 is 18.7 Å². The molecule has 1 heterocycles. The molecule has 2 aromatic carbocycles. The van der Waals surface area contributed by atoms with Gasteiger partial charge in [-0.25, -0.2) is 4.79 Å². The van der Waals surface area contributed by atoms with Gasteiger partial charge in [0.2, 0.25) is 5.91 Å². The molecule has 2 aromatic rings. The lowest BCUT2D eigenvalue weighted by Gasteiger charge is -2.29. The highest BCUT2D eigenvalue weighted by Gasteiger charge is 2.29. The number of rotatable bonds is 8. The average Bonchev–Trinajstić information content (AvgIpc) is 2.80. The predicted octanol–water partition coefficient (Wildman–Crippen LogP) is 1.92. The summed E-state index contributed by atoms with van der Waals surface area (Å²) in [6, 6.07) is 12.6. The summed E-state index contributed by atoms with van der Waals surface area (Å²) < 4.78 is 15.5. The topological polar surface area (TPSA) is 111 Å². The van der Waals surface area contributed by atoms with Crippen LogP contribution in [0.3, 0.4) is 0 Å². The Morgan fingerprint density at radius 2 is 1.88 bits per heavy atom. The molecule has 1 aliphatic heterocycles. The molecule has 0 radical (unpaired) electrons. The predicted molar refractivity (Wildman–Crippen MR) is 115 cm³/mol. The number of nitrogens with one attached hydrogen (secondary N) is 1. The van der Waals surface area contributed by atoms with Gasteiger partial charge in [-0.1, -0.05) is 12.1 Å². The quantitative estimate of drug-likeness (QED) is 0.493. The molecule has 168 valence electrons. The summed E-state index contributed by atoms with van der Waals surface area (Å²) >= 11 is 0. The molecule has 0 aliphatic carbocycles. The second-order valence-corrected chi connectivity index (χ2v) is 7.18. The number of nitrogens with zero attached hydrogens (tertiary/aromatic N) is 1. The van der Waals surface area contributed by atoms with Crippen LogP contribution in [-0.2, 0) is 19.1 Å². The molecule has 0 saturated carbocycles. The van der Waals surface area contributed by atoms with E-state index in [1.54, 1.807) is 31.3 Å². The Morgan fingerprint density at radius 1 is 1.12 bits per heavy atom. The van der Waals surface area contributed by atoms with E-state index in [4.69, 9.17) is 14.2 Å². The highest BCUT2D eigenvalue weighted by Crippen LogP contribution is 2.15. The Bertz CT molecular complexity index is 1000. The molecule has 2 amide bonds. The van der Waals surface area contributed by atoms with E-state index in [1.807, 2.05) is 0 Å². The standard InChI is InChI=1S/C23H24N2O7/c1-25-10-11-31-20(22(25)28)13-21(27)24-17-8-6-15(7-9-17)23(29)32-14-19(26)16-4-3-5-18(12-16)30-2/h3-9,12,20H,10-11,13-14H2,1-2H3,(H,24,27). The van der Waals surface area contributed by atoms with Crippen LogP contribution in [-0.4, -0.2) is 68.5 Å². The second kappa shape index (κ2) is 10.5. The molecule has 0 spiro atoms. The van der Waals surface area contributed by atoms with Crippen molar-refractivity contribution in [1.29, 1.82) is 0 Å². The van der Waals surface area contributed by atoms with Crippen LogP contribution in [0.15, 0.2) is 48.5 Å². The van der Waals surface area contributed by atoms with Gasteiger partial charge in [-0.2, -0.15) is 0 Å². The van der Waals surface area contributed by atoms with Gasteiger partial charge in [-0.15, -0.1) is 0 Å². The molecule has 9 heteroatoms. The van der Waals surface area contributed by atoms with E-state index in [0.717, 1.165) is 0 Å². The number of hydrogen-bond donors (Lipinski definition) is 1. The molecule has 0 bridgehead atoms. The summed E-state index contributed by atoms with van der Waals surface area (Å²) in [6.45, 7) is 0.477. The van der Waals surface area contributed by atoms with E-state index in [2.05, 4.69) is 5.32 Å². The smallest absolute Gasteiger partial charge is 0.338 e. The first kappa shape index (κ1) is 23.0. The van der Waals surface area contributed by atoms with Gasteiger partial charge in [0.25, 0.3) is 5.91 Å². The second-order valence-electron chi connectivity index (χ2n) is 7.18. The molecule has 1 aliphatic rings. The van der Waals surface area contributed by atoms with Crippen LogP contribution in [0.1, 0.15) is 27.1 Å². The van der Waals surface area contributed by atoms with Gasteiger partial charge in [-0.3, -0.25) is 14.4 Å². The normalized spacial score (nSPS) is 15.8. The third kappa shape index (κ3) is 5.92. The fourth-order valence-corrected chi connectivity index (χ4v) is 3.07. The summed E-state index contributed by atoms with van der Waals surface area (Å²) in [5.41, 5.74) is 1.06. The number of ketones is 1. The van der Waals surface area contributed by atoms with E-state index in [9.17, 15) is 19.2 Å². The zero-order chi connectivity index (χ0) is 23.1. The summed E-state index contributed by atoms with van der Waals surface area (Å²) in [5, 5.41) is 2.67. The summed E-state index contributed by atoms with van der Waals surface area (Å²) in [6.07, 6.45) is -0.899. The van der Waals surface area contributed by atoms with Crippen molar-refractivity contribution in [2.45, 2.75) is 12.5 Å². The first-order valence-electron chi connectivity index (χ1n) is 9.98. The van der Waals surface area contributed by atoms with E-state index in [0.29, 0.717) is 30.2 Å². The number of hydrogen-bond acceptors (Lipinski definition) is 7. The lowest BCUT2D eigenvalue weighted by molar-refractivity contribution is -0.153. The fraction of sp³-hybridized carbons (Fsp3) is 0.304. The molecule has 0 aromatic heterocycles. The third-order valence-corrected chi connectivity index (χ3v) is 4.90. The van der Waals surface area contributed by atoms with Gasteiger partial charge in [0.1, 0.15) is 11.9 Å². The number of esters is 1. The van der Waals surface area contributed by atoms with Crippen LogP contribution < -0.4 is 10.1 Å². The Hall–Kier alpha value is -3.72. The minimum absolute atomic E-state index is 0.0979. The van der Waals surface area contributed by atoms with Crippen molar-refractivity contribution in [1.82, 2.24) is 4.90 Å². The number of carbonyl (C=O) groups excluding carboxylic acids is 4. The van der Waals surface area contributed by atoms with Crippen molar-refractivity contribution < 1.29 is 33.4 Å². The highest BCUT2D eigenvalue weighted by molar-refractivity contribution is 6.00. The van der Waals surface area contributed by atoms with Crippen LogP contribution in [0.5, 0.6) is 5.75 Å². The average molecular weight is 440 g/mol. The van der Waals surface area contributed by atoms with Crippen molar-refractivity contribution in [3.8, 4) is 5.75 Å². The number of amides is 2. The summed E-state index contributed by atoms with van der Waals surface area (Å²) in [5.74, 6) is -1.09. The number of carbonyl (C=O) groups is 4. The zero-order valence-corrected chi connectivity index (χ0v) is 17.8. The molecule has 1 atom stereocenters. The van der Waals surface area contributed by atoms with Crippen molar-refractivity contribution in [2.75, 3.05) is 39.2 Å². The number of anilines is 1. The first-order valence-corrected chi connectivity index (χ1v) is 9.98. The molecule has 3 rings (SSSR count). The van der Waals surface area contributed by atoms with Gasteiger partial charge in [0, 0.05) is 24.8 Å². The first-order chi connectivity index (χ1) is 15.4. The van der Waals surface area contributed by atoms with Crippen molar-refractivity contribution in [3.63, 3.8) is 0 Å². The number of morpholine rings is 1. The third-order valence-electron chi connectivity index (χ3n) is 4.90. The largest absolute Gasteiger partial charge is 0.497 e. The molecular formula is C23H24N2O7. The minimum Gasteiger partial charge on any atom is -0.497 e. The number of methoxy groups -OCH3 is 1. The lowest BCUT2D eigenvalue weighted by atomic mass is 10.1. The summed E-state index contributed by atoms with van der Waals surface area (Å²) in [4.78, 5) is 50.2. The molecule has 32 heavy (non-hydrogen) atoms. The van der Waals surface area contributed by atoms with Crippen LogP contribution in [0.4, 0.5) is 5.69 Å². The van der Waals surface area contributed by atoms with E-state index in [1.165, 1.54) is 36.3 Å². The maximum absolute atomic E-state index is 12.2. The SMILES string of the molecule is COc1cccc(C(=O)COC(=O)c2ccc(NC(=O)CC3OCCN(C)C3=O)cc2)c1. The maximum atomic E-state index is 12.2. The number of Topliss-reactive ketones (excluding diaryl/α,β-unsaturated/α-hetero) is 1. The number of ether oxygens (including phenoxy) is 3. The van der Waals surface area contributed by atoms with Crippen LogP contribution >= 0.6 is 0 Å². The van der Waals surface area contributed by atoms with Gasteiger partial charge < -0.3 is 24.4 Å².